The molecule has 0 saturated heterocycles. The van der Waals surface area contributed by atoms with Gasteiger partial charge in [0.1, 0.15) is 0 Å². The van der Waals surface area contributed by atoms with Crippen molar-refractivity contribution in [2.24, 2.45) is 0 Å². The van der Waals surface area contributed by atoms with Gasteiger partial charge in [-0.3, -0.25) is 4.79 Å². The summed E-state index contributed by atoms with van der Waals surface area (Å²) in [5.74, 6) is -2.15. The molecule has 0 fully saturated rings. The van der Waals surface area contributed by atoms with E-state index in [9.17, 15) is 14.4 Å². The van der Waals surface area contributed by atoms with E-state index in [2.05, 4.69) is 12.2 Å². The Bertz CT molecular complexity index is 563. The highest BCUT2D eigenvalue weighted by Crippen LogP contribution is 2.11. The van der Waals surface area contributed by atoms with Crippen LogP contribution in [0.25, 0.3) is 0 Å². The first kappa shape index (κ1) is 18.4. The highest BCUT2D eigenvalue weighted by atomic mass is 16.5. The van der Waals surface area contributed by atoms with Gasteiger partial charge in [0.15, 0.2) is 0 Å². The Hall–Kier alpha value is -2.63. The highest BCUT2D eigenvalue weighted by molar-refractivity contribution is 6.02. The molecule has 0 spiro atoms. The van der Waals surface area contributed by atoms with Crippen molar-refractivity contribution >= 4 is 23.5 Å². The molecule has 0 aliphatic carbocycles. The Balaban J connectivity index is 2.44. The van der Waals surface area contributed by atoms with E-state index < -0.39 is 17.8 Å². The van der Waals surface area contributed by atoms with E-state index in [-0.39, 0.29) is 0 Å². The summed E-state index contributed by atoms with van der Waals surface area (Å²) >= 11 is 0. The predicted molar refractivity (Wildman–Crippen MR) is 86.3 cm³/mol. The maximum Gasteiger partial charge on any atom is 0.338 e. The van der Waals surface area contributed by atoms with Gasteiger partial charge in [-0.1, -0.05) is 26.2 Å². The minimum Gasteiger partial charge on any atom is -0.478 e. The molecular formula is C17H21NO5. The van der Waals surface area contributed by atoms with Crippen molar-refractivity contribution in [2.45, 2.75) is 32.6 Å². The van der Waals surface area contributed by atoms with Crippen LogP contribution in [0, 0.1) is 0 Å². The number of carbonyl (C=O) groups is 3. The van der Waals surface area contributed by atoms with E-state index in [0.717, 1.165) is 37.8 Å². The lowest BCUT2D eigenvalue weighted by Gasteiger charge is -2.06. The first-order valence-corrected chi connectivity index (χ1v) is 7.52. The van der Waals surface area contributed by atoms with Crippen molar-refractivity contribution < 1.29 is 24.2 Å². The van der Waals surface area contributed by atoms with E-state index in [0.29, 0.717) is 17.9 Å². The molecule has 0 radical (unpaired) electrons. The lowest BCUT2D eigenvalue weighted by atomic mass is 10.2. The molecule has 0 unspecified atom stereocenters. The average molecular weight is 319 g/mol. The molecule has 0 aromatic heterocycles. The molecule has 0 bridgehead atoms. The molecule has 1 rings (SSSR count). The van der Waals surface area contributed by atoms with Gasteiger partial charge in [0.05, 0.1) is 12.2 Å². The summed E-state index contributed by atoms with van der Waals surface area (Å²) < 4.78 is 5.16. The number of unbranched alkanes of at least 4 members (excludes halogenated alkanes) is 3. The van der Waals surface area contributed by atoms with Gasteiger partial charge in [-0.2, -0.15) is 0 Å². The Labute approximate surface area is 135 Å². The van der Waals surface area contributed by atoms with Gasteiger partial charge in [-0.25, -0.2) is 9.59 Å². The van der Waals surface area contributed by atoms with Crippen LogP contribution in [0.4, 0.5) is 5.69 Å². The highest BCUT2D eigenvalue weighted by Gasteiger charge is 2.07. The molecule has 0 heterocycles. The summed E-state index contributed by atoms with van der Waals surface area (Å²) in [6, 6.07) is 6.20. The van der Waals surface area contributed by atoms with Gasteiger partial charge in [0.2, 0.25) is 5.91 Å². The SMILES string of the molecule is CCCCCCOC(=O)c1ccc(NC(=O)/C=C/C(=O)O)cc1. The van der Waals surface area contributed by atoms with Crippen LogP contribution in [-0.4, -0.2) is 29.6 Å². The van der Waals surface area contributed by atoms with E-state index in [1.54, 1.807) is 24.3 Å². The largest absolute Gasteiger partial charge is 0.478 e. The molecule has 6 heteroatoms. The quantitative estimate of drug-likeness (QED) is 0.414. The van der Waals surface area contributed by atoms with Crippen LogP contribution in [-0.2, 0) is 14.3 Å². The summed E-state index contributed by atoms with van der Waals surface area (Å²) in [6.45, 7) is 2.51. The number of carboxylic acid groups (broad SMARTS) is 1. The number of carboxylic acids is 1. The third-order valence-corrected chi connectivity index (χ3v) is 3.00. The number of hydrogen-bond acceptors (Lipinski definition) is 4. The number of esters is 1. The summed E-state index contributed by atoms with van der Waals surface area (Å²) in [6.07, 6.45) is 5.81. The second-order valence-electron chi connectivity index (χ2n) is 4.93. The van der Waals surface area contributed by atoms with E-state index in [4.69, 9.17) is 9.84 Å². The molecular weight excluding hydrogens is 298 g/mol. The second kappa shape index (κ2) is 10.2. The van der Waals surface area contributed by atoms with Gasteiger partial charge < -0.3 is 15.2 Å². The fourth-order valence-corrected chi connectivity index (χ4v) is 1.80. The summed E-state index contributed by atoms with van der Waals surface area (Å²) in [4.78, 5) is 33.5. The van der Waals surface area contributed by atoms with Gasteiger partial charge >= 0.3 is 11.9 Å². The van der Waals surface area contributed by atoms with Crippen LogP contribution in [0.5, 0.6) is 0 Å². The Kier molecular flexibility index (Phi) is 8.13. The third kappa shape index (κ3) is 7.80. The van der Waals surface area contributed by atoms with E-state index in [1.807, 2.05) is 0 Å². The summed E-state index contributed by atoms with van der Waals surface area (Å²) in [5, 5.41) is 10.9. The number of amides is 1. The van der Waals surface area contributed by atoms with Gasteiger partial charge in [-0.05, 0) is 30.7 Å². The molecule has 0 aliphatic heterocycles. The van der Waals surface area contributed by atoms with Crippen LogP contribution in [0.1, 0.15) is 43.0 Å². The average Bonchev–Trinajstić information content (AvgIpc) is 2.53. The maximum atomic E-state index is 11.8. The van der Waals surface area contributed by atoms with Gasteiger partial charge in [-0.15, -0.1) is 0 Å². The molecule has 1 aromatic rings. The number of hydrogen-bond donors (Lipinski definition) is 2. The zero-order valence-electron chi connectivity index (χ0n) is 13.1. The molecule has 2 N–H and O–H groups in total. The first-order chi connectivity index (χ1) is 11.0. The van der Waals surface area contributed by atoms with Crippen LogP contribution in [0.3, 0.4) is 0 Å². The Morgan fingerprint density at radius 1 is 1.09 bits per heavy atom. The van der Waals surface area contributed by atoms with E-state index in [1.165, 1.54) is 0 Å². The van der Waals surface area contributed by atoms with Crippen LogP contribution >= 0.6 is 0 Å². The number of nitrogens with one attached hydrogen (secondary N) is 1. The minimum absolute atomic E-state index is 0.398. The van der Waals surface area contributed by atoms with Crippen molar-refractivity contribution in [3.05, 3.63) is 42.0 Å². The summed E-state index contributed by atoms with van der Waals surface area (Å²) in [7, 11) is 0. The predicted octanol–water partition coefficient (Wildman–Crippen LogP) is 3.00. The fourth-order valence-electron chi connectivity index (χ4n) is 1.80. The van der Waals surface area contributed by atoms with Crippen molar-refractivity contribution in [3.8, 4) is 0 Å². The zero-order chi connectivity index (χ0) is 17.1. The molecule has 124 valence electrons. The lowest BCUT2D eigenvalue weighted by molar-refractivity contribution is -0.131. The van der Waals surface area contributed by atoms with Gasteiger partial charge in [0.25, 0.3) is 0 Å². The lowest BCUT2D eigenvalue weighted by Crippen LogP contribution is -2.10. The number of ether oxygens (including phenoxy) is 1. The molecule has 6 nitrogen and oxygen atoms in total. The molecule has 0 atom stereocenters. The Morgan fingerprint density at radius 2 is 1.78 bits per heavy atom. The number of carbonyl (C=O) groups excluding carboxylic acids is 2. The topological polar surface area (TPSA) is 92.7 Å². The first-order valence-electron chi connectivity index (χ1n) is 7.52. The molecule has 1 amide bonds. The molecule has 23 heavy (non-hydrogen) atoms. The van der Waals surface area contributed by atoms with Crippen molar-refractivity contribution in [1.29, 1.82) is 0 Å². The number of benzene rings is 1. The van der Waals surface area contributed by atoms with E-state index >= 15 is 0 Å². The normalized spacial score (nSPS) is 10.5. The Morgan fingerprint density at radius 3 is 2.39 bits per heavy atom. The second-order valence-corrected chi connectivity index (χ2v) is 4.93. The standard InChI is InChI=1S/C17H21NO5/c1-2-3-4-5-12-23-17(22)13-6-8-14(9-7-13)18-15(19)10-11-16(20)21/h6-11H,2-5,12H2,1H3,(H,18,19)(H,20,21)/b11-10+. The molecule has 1 aromatic carbocycles. The molecule has 0 aliphatic rings. The monoisotopic (exact) mass is 319 g/mol. The van der Waals surface area contributed by atoms with Crippen LogP contribution < -0.4 is 5.32 Å². The van der Waals surface area contributed by atoms with Gasteiger partial charge in [0, 0.05) is 17.8 Å². The zero-order valence-corrected chi connectivity index (χ0v) is 13.1. The third-order valence-electron chi connectivity index (χ3n) is 3.00. The smallest absolute Gasteiger partial charge is 0.338 e. The van der Waals surface area contributed by atoms with Crippen molar-refractivity contribution in [1.82, 2.24) is 0 Å². The summed E-state index contributed by atoms with van der Waals surface area (Å²) in [5.41, 5.74) is 0.865. The van der Waals surface area contributed by atoms with Crippen LogP contribution in [0.2, 0.25) is 0 Å². The molecule has 0 saturated carbocycles. The van der Waals surface area contributed by atoms with Crippen molar-refractivity contribution in [2.75, 3.05) is 11.9 Å². The van der Waals surface area contributed by atoms with Crippen LogP contribution in [0.15, 0.2) is 36.4 Å². The number of aliphatic carboxylic acids is 1. The minimum atomic E-state index is -1.20. The fraction of sp³-hybridized carbons (Fsp3) is 0.353. The maximum absolute atomic E-state index is 11.8. The number of rotatable bonds is 9. The van der Waals surface area contributed by atoms with Crippen molar-refractivity contribution in [3.63, 3.8) is 0 Å². The number of anilines is 1.